The number of amides is 1. The number of aromatic nitrogens is 1. The lowest BCUT2D eigenvalue weighted by atomic mass is 10.2. The average molecular weight is 476 g/mol. The van der Waals surface area contributed by atoms with E-state index in [1.54, 1.807) is 39.3 Å². The number of methoxy groups -OCH3 is 2. The zero-order valence-corrected chi connectivity index (χ0v) is 20.1. The number of hydrogen-bond acceptors (Lipinski definition) is 7. The van der Waals surface area contributed by atoms with Crippen LogP contribution in [-0.4, -0.2) is 51.9 Å². The number of benzene rings is 2. The summed E-state index contributed by atoms with van der Waals surface area (Å²) in [5, 5.41) is 3.57. The van der Waals surface area contributed by atoms with E-state index in [4.69, 9.17) is 9.47 Å². The molecule has 8 nitrogen and oxygen atoms in total. The van der Waals surface area contributed by atoms with Gasteiger partial charge < -0.3 is 14.8 Å². The second kappa shape index (κ2) is 9.68. The van der Waals surface area contributed by atoms with Gasteiger partial charge in [-0.2, -0.15) is 0 Å². The van der Waals surface area contributed by atoms with Crippen LogP contribution >= 0.6 is 11.3 Å². The van der Waals surface area contributed by atoms with Gasteiger partial charge in [0.25, 0.3) is 5.91 Å². The molecule has 0 fully saturated rings. The molecule has 0 bridgehead atoms. The number of hydrogen-bond donors (Lipinski definition) is 1. The first-order valence-electron chi connectivity index (χ1n) is 9.67. The fraction of sp³-hybridized carbons (Fsp3) is 0.273. The molecule has 0 atom stereocenters. The van der Waals surface area contributed by atoms with Gasteiger partial charge in [-0.15, -0.1) is 11.3 Å². The predicted molar refractivity (Wildman–Crippen MR) is 124 cm³/mol. The van der Waals surface area contributed by atoms with Gasteiger partial charge in [0.05, 0.1) is 24.8 Å². The molecule has 0 aliphatic carbocycles. The van der Waals surface area contributed by atoms with Crippen LogP contribution in [0.1, 0.15) is 20.9 Å². The molecular weight excluding hydrogens is 450 g/mol. The van der Waals surface area contributed by atoms with Crippen molar-refractivity contribution >= 4 is 27.3 Å². The largest absolute Gasteiger partial charge is 0.493 e. The van der Waals surface area contributed by atoms with E-state index in [0.29, 0.717) is 27.1 Å². The topological polar surface area (TPSA) is 97.8 Å². The molecule has 0 unspecified atom stereocenters. The number of nitrogens with zero attached hydrogens (tertiary/aromatic N) is 2. The first-order valence-corrected chi connectivity index (χ1v) is 11.9. The van der Waals surface area contributed by atoms with Gasteiger partial charge >= 0.3 is 0 Å². The number of thiazole rings is 1. The molecule has 32 heavy (non-hydrogen) atoms. The Hall–Kier alpha value is -2.95. The number of aryl methyl sites for hydroxylation is 1. The van der Waals surface area contributed by atoms with E-state index in [0.717, 1.165) is 15.4 Å². The summed E-state index contributed by atoms with van der Waals surface area (Å²) in [6.07, 6.45) is 0. The number of carbonyl (C=O) groups excluding carboxylic acids is 1. The van der Waals surface area contributed by atoms with Crippen LogP contribution in [0.25, 0.3) is 10.6 Å². The Morgan fingerprint density at radius 2 is 1.72 bits per heavy atom. The third-order valence-electron chi connectivity index (χ3n) is 4.79. The van der Waals surface area contributed by atoms with Crippen LogP contribution in [0.15, 0.2) is 47.4 Å². The molecular formula is C22H25N3O5S2. The van der Waals surface area contributed by atoms with Crippen molar-refractivity contribution in [3.8, 4) is 22.1 Å². The van der Waals surface area contributed by atoms with Crippen LogP contribution in [0.4, 0.5) is 0 Å². The Labute approximate surface area is 191 Å². The molecule has 0 saturated heterocycles. The van der Waals surface area contributed by atoms with Gasteiger partial charge in [-0.3, -0.25) is 4.79 Å². The van der Waals surface area contributed by atoms with E-state index in [1.807, 2.05) is 12.1 Å². The van der Waals surface area contributed by atoms with Gasteiger partial charge in [-0.25, -0.2) is 17.7 Å². The monoisotopic (exact) mass is 475 g/mol. The summed E-state index contributed by atoms with van der Waals surface area (Å²) in [7, 11) is 2.62. The van der Waals surface area contributed by atoms with Gasteiger partial charge in [0, 0.05) is 26.2 Å². The van der Waals surface area contributed by atoms with Crippen LogP contribution in [-0.2, 0) is 16.6 Å². The first-order chi connectivity index (χ1) is 15.2. The van der Waals surface area contributed by atoms with Gasteiger partial charge in [0.1, 0.15) is 9.88 Å². The highest BCUT2D eigenvalue weighted by Gasteiger charge is 2.19. The van der Waals surface area contributed by atoms with E-state index < -0.39 is 10.0 Å². The van der Waals surface area contributed by atoms with E-state index >= 15 is 0 Å². The molecule has 3 rings (SSSR count). The van der Waals surface area contributed by atoms with Crippen molar-refractivity contribution < 1.29 is 22.7 Å². The third kappa shape index (κ3) is 4.93. The lowest BCUT2D eigenvalue weighted by Gasteiger charge is -2.11. The maximum atomic E-state index is 12.7. The summed E-state index contributed by atoms with van der Waals surface area (Å²) in [6.45, 7) is 2.06. The highest BCUT2D eigenvalue weighted by molar-refractivity contribution is 7.89. The molecule has 170 valence electrons. The van der Waals surface area contributed by atoms with Crippen molar-refractivity contribution in [2.45, 2.75) is 18.4 Å². The molecule has 1 aromatic heterocycles. The maximum absolute atomic E-state index is 12.7. The molecule has 10 heteroatoms. The van der Waals surface area contributed by atoms with E-state index in [-0.39, 0.29) is 17.3 Å². The Kier molecular flexibility index (Phi) is 7.17. The zero-order valence-electron chi connectivity index (χ0n) is 18.5. The Balaban J connectivity index is 1.72. The van der Waals surface area contributed by atoms with Gasteiger partial charge in [-0.05, 0) is 42.8 Å². The van der Waals surface area contributed by atoms with Crippen LogP contribution < -0.4 is 14.8 Å². The normalized spacial score (nSPS) is 11.4. The molecule has 2 aromatic carbocycles. The average Bonchev–Trinajstić information content (AvgIpc) is 3.18. The highest BCUT2D eigenvalue weighted by Crippen LogP contribution is 2.35. The zero-order chi connectivity index (χ0) is 23.5. The van der Waals surface area contributed by atoms with Crippen molar-refractivity contribution in [1.29, 1.82) is 0 Å². The number of rotatable bonds is 8. The van der Waals surface area contributed by atoms with Crippen molar-refractivity contribution in [2.24, 2.45) is 0 Å². The standard InChI is InChI=1S/C22H25N3O5S2/c1-14-20(31-22(24-14)16-8-11-18(29-4)19(12-16)30-5)21(26)23-13-15-6-9-17(10-7-15)32(27,28)25(2)3/h6-12H,13H2,1-5H3,(H,23,26). The number of sulfonamides is 1. The van der Waals surface area contributed by atoms with Crippen molar-refractivity contribution in [2.75, 3.05) is 28.3 Å². The summed E-state index contributed by atoms with van der Waals surface area (Å²) < 4.78 is 36.1. The lowest BCUT2D eigenvalue weighted by molar-refractivity contribution is 0.0954. The lowest BCUT2D eigenvalue weighted by Crippen LogP contribution is -2.23. The molecule has 1 N–H and O–H groups in total. The Morgan fingerprint density at radius 1 is 1.06 bits per heavy atom. The Bertz CT molecular complexity index is 1220. The molecule has 1 heterocycles. The SMILES string of the molecule is COc1ccc(-c2nc(C)c(C(=O)NCc3ccc(S(=O)(=O)N(C)C)cc3)s2)cc1OC. The molecule has 0 aliphatic heterocycles. The summed E-state index contributed by atoms with van der Waals surface area (Å²) in [4.78, 5) is 18.0. The molecule has 3 aromatic rings. The van der Waals surface area contributed by atoms with Crippen molar-refractivity contribution in [3.63, 3.8) is 0 Å². The van der Waals surface area contributed by atoms with Gasteiger partial charge in [0.2, 0.25) is 10.0 Å². The minimum atomic E-state index is -3.48. The maximum Gasteiger partial charge on any atom is 0.263 e. The van der Waals surface area contributed by atoms with Crippen LogP contribution in [0, 0.1) is 6.92 Å². The molecule has 1 amide bonds. The quantitative estimate of drug-likeness (QED) is 0.537. The van der Waals surface area contributed by atoms with E-state index in [2.05, 4.69) is 10.3 Å². The molecule has 0 saturated carbocycles. The molecule has 0 aliphatic rings. The third-order valence-corrected chi connectivity index (χ3v) is 7.82. The number of carbonyl (C=O) groups is 1. The summed E-state index contributed by atoms with van der Waals surface area (Å²) >= 11 is 1.29. The highest BCUT2D eigenvalue weighted by atomic mass is 32.2. The van der Waals surface area contributed by atoms with Crippen molar-refractivity contribution in [1.82, 2.24) is 14.6 Å². The van der Waals surface area contributed by atoms with Gasteiger partial charge in [-0.1, -0.05) is 12.1 Å². The van der Waals surface area contributed by atoms with Crippen molar-refractivity contribution in [3.05, 3.63) is 58.6 Å². The van der Waals surface area contributed by atoms with E-state index in [9.17, 15) is 13.2 Å². The number of ether oxygens (including phenoxy) is 2. The second-order valence-corrected chi connectivity index (χ2v) is 10.3. The number of nitrogens with one attached hydrogen (secondary N) is 1. The summed E-state index contributed by atoms with van der Waals surface area (Å²) in [5.74, 6) is 0.965. The van der Waals surface area contributed by atoms with Gasteiger partial charge in [0.15, 0.2) is 11.5 Å². The molecule has 0 radical (unpaired) electrons. The fourth-order valence-corrected chi connectivity index (χ4v) is 4.83. The minimum absolute atomic E-state index is 0.204. The Morgan fingerprint density at radius 3 is 2.31 bits per heavy atom. The van der Waals surface area contributed by atoms with E-state index in [1.165, 1.54) is 37.6 Å². The molecule has 0 spiro atoms. The minimum Gasteiger partial charge on any atom is -0.493 e. The smallest absolute Gasteiger partial charge is 0.263 e. The summed E-state index contributed by atoms with van der Waals surface area (Å²) in [6, 6.07) is 11.9. The van der Waals surface area contributed by atoms with Crippen LogP contribution in [0.2, 0.25) is 0 Å². The van der Waals surface area contributed by atoms with Crippen LogP contribution in [0.5, 0.6) is 11.5 Å². The fourth-order valence-electron chi connectivity index (χ4n) is 2.95. The van der Waals surface area contributed by atoms with Crippen LogP contribution in [0.3, 0.4) is 0 Å². The second-order valence-electron chi connectivity index (χ2n) is 7.12. The first kappa shape index (κ1) is 23.7. The predicted octanol–water partition coefficient (Wildman–Crippen LogP) is 3.32. The summed E-state index contributed by atoms with van der Waals surface area (Å²) in [5.41, 5.74) is 2.25.